The van der Waals surface area contributed by atoms with Crippen LogP contribution in [0, 0.1) is 0 Å². The summed E-state index contributed by atoms with van der Waals surface area (Å²) in [5.74, 6) is 0.439. The summed E-state index contributed by atoms with van der Waals surface area (Å²) in [4.78, 5) is 0. The average molecular weight is 274 g/mol. The summed E-state index contributed by atoms with van der Waals surface area (Å²) in [5.41, 5.74) is 0. The van der Waals surface area contributed by atoms with Crippen molar-refractivity contribution >= 4 is 9.84 Å². The maximum absolute atomic E-state index is 11.6. The third-order valence-electron chi connectivity index (χ3n) is 3.81. The molecule has 0 radical (unpaired) electrons. The second kappa shape index (κ2) is 8.95. The molecule has 1 saturated carbocycles. The Morgan fingerprint density at radius 1 is 0.778 bits per heavy atom. The lowest BCUT2D eigenvalue weighted by molar-refractivity contribution is 0.557. The molecular weight excluding hydrogens is 244 g/mol. The summed E-state index contributed by atoms with van der Waals surface area (Å²) in [6.07, 6.45) is 14.5. The van der Waals surface area contributed by atoms with Gasteiger partial charge in [-0.2, -0.15) is 0 Å². The Labute approximate surface area is 113 Å². The average Bonchev–Trinajstić information content (AvgIpc) is 3.16. The third-order valence-corrected chi connectivity index (χ3v) is 6.16. The molecule has 0 spiro atoms. The molecule has 0 amide bonds. The molecule has 0 aromatic heterocycles. The molecule has 2 nitrogen and oxygen atoms in total. The lowest BCUT2D eigenvalue weighted by atomic mass is 10.1. The standard InChI is InChI=1S/C15H30O2S/c1-2-3-4-5-6-7-8-9-10-11-14-18(16,17)15-12-13-15/h15H,2-14H2,1H3. The van der Waals surface area contributed by atoms with Gasteiger partial charge in [0, 0.05) is 0 Å². The molecule has 3 heteroatoms. The van der Waals surface area contributed by atoms with Gasteiger partial charge in [0.25, 0.3) is 0 Å². The predicted octanol–water partition coefficient (Wildman–Crippen LogP) is 4.48. The summed E-state index contributed by atoms with van der Waals surface area (Å²) < 4.78 is 23.3. The molecule has 108 valence electrons. The van der Waals surface area contributed by atoms with Crippen LogP contribution in [0.3, 0.4) is 0 Å². The molecule has 0 aliphatic heterocycles. The van der Waals surface area contributed by atoms with Gasteiger partial charge in [-0.05, 0) is 19.3 Å². The van der Waals surface area contributed by atoms with Crippen LogP contribution in [0.2, 0.25) is 0 Å². The van der Waals surface area contributed by atoms with Crippen molar-refractivity contribution in [1.29, 1.82) is 0 Å². The van der Waals surface area contributed by atoms with Crippen LogP contribution >= 0.6 is 0 Å². The lowest BCUT2D eigenvalue weighted by Crippen LogP contribution is -2.11. The van der Waals surface area contributed by atoms with Gasteiger partial charge in [0.1, 0.15) is 0 Å². The molecule has 0 atom stereocenters. The van der Waals surface area contributed by atoms with Crippen molar-refractivity contribution in [1.82, 2.24) is 0 Å². The SMILES string of the molecule is CCCCCCCCCCCCS(=O)(=O)C1CC1. The highest BCUT2D eigenvalue weighted by Gasteiger charge is 2.34. The number of unbranched alkanes of at least 4 members (excludes halogenated alkanes) is 9. The van der Waals surface area contributed by atoms with E-state index in [2.05, 4.69) is 6.92 Å². The van der Waals surface area contributed by atoms with Crippen molar-refractivity contribution in [2.24, 2.45) is 0 Å². The maximum Gasteiger partial charge on any atom is 0.153 e. The summed E-state index contributed by atoms with van der Waals surface area (Å²) in [5, 5.41) is 0.0380. The minimum absolute atomic E-state index is 0.0380. The number of rotatable bonds is 12. The number of hydrogen-bond donors (Lipinski definition) is 0. The van der Waals surface area contributed by atoms with Crippen LogP contribution < -0.4 is 0 Å². The van der Waals surface area contributed by atoms with Gasteiger partial charge in [-0.3, -0.25) is 0 Å². The first-order valence-corrected chi connectivity index (χ1v) is 9.60. The molecule has 0 heterocycles. The van der Waals surface area contributed by atoms with Crippen LogP contribution in [0.4, 0.5) is 0 Å². The lowest BCUT2D eigenvalue weighted by Gasteiger charge is -2.03. The van der Waals surface area contributed by atoms with Crippen molar-refractivity contribution in [3.63, 3.8) is 0 Å². The van der Waals surface area contributed by atoms with E-state index in [1.54, 1.807) is 0 Å². The summed E-state index contributed by atoms with van der Waals surface area (Å²) in [6.45, 7) is 2.25. The van der Waals surface area contributed by atoms with Gasteiger partial charge in [-0.25, -0.2) is 8.42 Å². The second-order valence-corrected chi connectivity index (χ2v) is 8.15. The molecule has 1 rings (SSSR count). The minimum atomic E-state index is -2.69. The Bertz CT molecular complexity index is 292. The molecule has 0 aromatic rings. The first-order chi connectivity index (χ1) is 8.67. The quantitative estimate of drug-likeness (QED) is 0.492. The molecule has 0 saturated heterocycles. The van der Waals surface area contributed by atoms with Crippen LogP contribution in [0.25, 0.3) is 0 Å². The van der Waals surface area contributed by atoms with Crippen LogP contribution in [-0.2, 0) is 9.84 Å². The second-order valence-electron chi connectivity index (χ2n) is 5.75. The van der Waals surface area contributed by atoms with E-state index < -0.39 is 9.84 Å². The zero-order chi connectivity index (χ0) is 13.3. The van der Waals surface area contributed by atoms with Gasteiger partial charge >= 0.3 is 0 Å². The molecule has 1 fully saturated rings. The molecule has 0 unspecified atom stereocenters. The van der Waals surface area contributed by atoms with Crippen molar-refractivity contribution < 1.29 is 8.42 Å². The maximum atomic E-state index is 11.6. The number of hydrogen-bond acceptors (Lipinski definition) is 2. The van der Waals surface area contributed by atoms with Crippen molar-refractivity contribution in [2.45, 2.75) is 89.2 Å². The first-order valence-electron chi connectivity index (χ1n) is 7.88. The summed E-state index contributed by atoms with van der Waals surface area (Å²) >= 11 is 0. The Balaban J connectivity index is 1.81. The molecule has 0 bridgehead atoms. The van der Waals surface area contributed by atoms with Gasteiger partial charge < -0.3 is 0 Å². The topological polar surface area (TPSA) is 34.1 Å². The smallest absolute Gasteiger partial charge is 0.153 e. The van der Waals surface area contributed by atoms with Crippen LogP contribution in [0.1, 0.15) is 84.0 Å². The van der Waals surface area contributed by atoms with E-state index in [9.17, 15) is 8.42 Å². The highest BCUT2D eigenvalue weighted by molar-refractivity contribution is 7.92. The van der Waals surface area contributed by atoms with Gasteiger partial charge in [0.05, 0.1) is 11.0 Å². The first kappa shape index (κ1) is 16.0. The minimum Gasteiger partial charge on any atom is -0.229 e. The van der Waals surface area contributed by atoms with Crippen molar-refractivity contribution in [2.75, 3.05) is 5.75 Å². The van der Waals surface area contributed by atoms with Gasteiger partial charge in [-0.1, -0.05) is 64.7 Å². The zero-order valence-electron chi connectivity index (χ0n) is 12.0. The predicted molar refractivity (Wildman–Crippen MR) is 78.7 cm³/mol. The third kappa shape index (κ3) is 7.40. The van der Waals surface area contributed by atoms with Crippen LogP contribution in [0.5, 0.6) is 0 Å². The largest absolute Gasteiger partial charge is 0.229 e. The molecule has 1 aliphatic carbocycles. The summed E-state index contributed by atoms with van der Waals surface area (Å²) in [7, 11) is -2.69. The molecule has 0 N–H and O–H groups in total. The van der Waals surface area contributed by atoms with E-state index in [0.717, 1.165) is 25.7 Å². The van der Waals surface area contributed by atoms with Gasteiger partial charge in [-0.15, -0.1) is 0 Å². The van der Waals surface area contributed by atoms with Gasteiger partial charge in [0.2, 0.25) is 0 Å². The zero-order valence-corrected chi connectivity index (χ0v) is 12.8. The molecular formula is C15H30O2S. The van der Waals surface area contributed by atoms with Crippen LogP contribution in [-0.4, -0.2) is 19.4 Å². The Morgan fingerprint density at radius 2 is 1.22 bits per heavy atom. The monoisotopic (exact) mass is 274 g/mol. The molecule has 18 heavy (non-hydrogen) atoms. The highest BCUT2D eigenvalue weighted by Crippen LogP contribution is 2.29. The Kier molecular flexibility index (Phi) is 7.96. The van der Waals surface area contributed by atoms with E-state index >= 15 is 0 Å². The highest BCUT2D eigenvalue weighted by atomic mass is 32.2. The van der Waals surface area contributed by atoms with E-state index in [1.807, 2.05) is 0 Å². The van der Waals surface area contributed by atoms with E-state index in [0.29, 0.717) is 5.75 Å². The van der Waals surface area contributed by atoms with E-state index in [1.165, 1.54) is 51.4 Å². The fraction of sp³-hybridized carbons (Fsp3) is 1.00. The van der Waals surface area contributed by atoms with E-state index in [4.69, 9.17) is 0 Å². The normalized spacial score (nSPS) is 16.1. The molecule has 1 aliphatic rings. The van der Waals surface area contributed by atoms with E-state index in [-0.39, 0.29) is 5.25 Å². The fourth-order valence-electron chi connectivity index (χ4n) is 2.38. The van der Waals surface area contributed by atoms with Gasteiger partial charge in [0.15, 0.2) is 9.84 Å². The van der Waals surface area contributed by atoms with Crippen molar-refractivity contribution in [3.8, 4) is 0 Å². The Hall–Kier alpha value is -0.0500. The fourth-order valence-corrected chi connectivity index (χ4v) is 4.18. The number of sulfone groups is 1. The van der Waals surface area contributed by atoms with Crippen LogP contribution in [0.15, 0.2) is 0 Å². The van der Waals surface area contributed by atoms with Crippen molar-refractivity contribution in [3.05, 3.63) is 0 Å². The molecule has 0 aromatic carbocycles. The summed E-state index contributed by atoms with van der Waals surface area (Å²) in [6, 6.07) is 0. The Morgan fingerprint density at radius 3 is 1.67 bits per heavy atom.